The van der Waals surface area contributed by atoms with Crippen LogP contribution in [0.25, 0.3) is 11.0 Å². The number of fused-ring (bicyclic) bond motifs is 2. The van der Waals surface area contributed by atoms with Crippen LogP contribution in [0.5, 0.6) is 0 Å². The number of likely N-dealkylation sites (N-methyl/N-ethyl adjacent to an activating group) is 1. The second-order valence-electron chi connectivity index (χ2n) is 14.0. The molecule has 0 unspecified atom stereocenters. The van der Waals surface area contributed by atoms with Gasteiger partial charge in [-0.1, -0.05) is 36.8 Å². The van der Waals surface area contributed by atoms with Gasteiger partial charge in [-0.3, -0.25) is 19.1 Å². The lowest BCUT2D eigenvalue weighted by Gasteiger charge is -2.35. The third-order valence-electron chi connectivity index (χ3n) is 10.8. The summed E-state index contributed by atoms with van der Waals surface area (Å²) in [4.78, 5) is 48.8. The number of hydrogen-bond donors (Lipinski definition) is 4. The summed E-state index contributed by atoms with van der Waals surface area (Å²) in [5, 5.41) is 13.5. The number of imidazole rings is 1. The molecule has 2 heterocycles. The zero-order chi connectivity index (χ0) is 32.2. The van der Waals surface area contributed by atoms with E-state index in [0.29, 0.717) is 18.1 Å². The number of nitrogens with zero attached hydrogens (tertiary/aromatic N) is 3. The highest BCUT2D eigenvalue weighted by Crippen LogP contribution is 2.66. The zero-order valence-electron chi connectivity index (χ0n) is 27.0. The molecule has 3 aliphatic rings. The van der Waals surface area contributed by atoms with Crippen LogP contribution in [-0.2, 0) is 28.5 Å². The van der Waals surface area contributed by atoms with E-state index in [1.54, 1.807) is 24.0 Å². The minimum Gasteiger partial charge on any atom is -0.355 e. The molecule has 0 bridgehead atoms. The van der Waals surface area contributed by atoms with Gasteiger partial charge in [0.25, 0.3) is 5.91 Å². The van der Waals surface area contributed by atoms with Crippen LogP contribution in [0.3, 0.4) is 0 Å². The third kappa shape index (κ3) is 5.17. The fourth-order valence-electron chi connectivity index (χ4n) is 7.59. The van der Waals surface area contributed by atoms with E-state index >= 15 is 0 Å². The first kappa shape index (κ1) is 30.2. The van der Waals surface area contributed by atoms with E-state index in [-0.39, 0.29) is 41.0 Å². The summed E-state index contributed by atoms with van der Waals surface area (Å²) < 4.78 is 1.58. The van der Waals surface area contributed by atoms with Gasteiger partial charge >= 0.3 is 0 Å². The summed E-state index contributed by atoms with van der Waals surface area (Å²) in [7, 11) is 1.77. The highest BCUT2D eigenvalue weighted by molar-refractivity contribution is 5.94. The fraction of sp³-hybridized carbons (Fsp3) is 0.472. The van der Waals surface area contributed by atoms with Crippen LogP contribution in [-0.4, -0.2) is 50.1 Å². The van der Waals surface area contributed by atoms with Crippen LogP contribution in [0.2, 0.25) is 0 Å². The molecule has 2 fully saturated rings. The van der Waals surface area contributed by atoms with E-state index in [2.05, 4.69) is 50.3 Å². The van der Waals surface area contributed by atoms with Gasteiger partial charge in [0.2, 0.25) is 11.8 Å². The second kappa shape index (κ2) is 11.4. The highest BCUT2D eigenvalue weighted by Gasteiger charge is 2.57. The van der Waals surface area contributed by atoms with Crippen LogP contribution in [0.1, 0.15) is 97.8 Å². The van der Waals surface area contributed by atoms with Crippen molar-refractivity contribution in [2.75, 3.05) is 6.54 Å². The number of hydrogen-bond acceptors (Lipinski definition) is 5. The quantitative estimate of drug-likeness (QED) is 0.206. The van der Waals surface area contributed by atoms with Gasteiger partial charge < -0.3 is 20.9 Å². The number of rotatable bonds is 10. The molecule has 240 valence electrons. The zero-order valence-corrected chi connectivity index (χ0v) is 27.0. The predicted molar refractivity (Wildman–Crippen MR) is 175 cm³/mol. The number of aromatic nitrogens is 4. The van der Waals surface area contributed by atoms with Crippen molar-refractivity contribution in [2.45, 2.75) is 82.7 Å². The number of nitrogens with one attached hydrogen (secondary N) is 4. The minimum absolute atomic E-state index is 0.0702. The molecule has 3 aliphatic carbocycles. The Morgan fingerprint density at radius 1 is 1.09 bits per heavy atom. The summed E-state index contributed by atoms with van der Waals surface area (Å²) in [6.45, 7) is 6.19. The minimum atomic E-state index is -0.899. The summed E-state index contributed by atoms with van der Waals surface area (Å²) in [5.41, 5.74) is 4.66. The highest BCUT2D eigenvalue weighted by atomic mass is 16.2. The molecule has 0 aliphatic heterocycles. The van der Waals surface area contributed by atoms with Crippen LogP contribution in [0, 0.1) is 11.3 Å². The Kier molecular flexibility index (Phi) is 7.48. The molecule has 7 rings (SSSR count). The van der Waals surface area contributed by atoms with Gasteiger partial charge in [0.15, 0.2) is 0 Å². The topological polar surface area (TPSA) is 134 Å². The van der Waals surface area contributed by atoms with Gasteiger partial charge in [-0.05, 0) is 99.1 Å². The molecule has 2 aromatic heterocycles. The Balaban J connectivity index is 1.21. The van der Waals surface area contributed by atoms with Crippen LogP contribution < -0.4 is 16.0 Å². The molecule has 0 saturated heterocycles. The van der Waals surface area contributed by atoms with Crippen LogP contribution >= 0.6 is 0 Å². The molecule has 4 aromatic rings. The summed E-state index contributed by atoms with van der Waals surface area (Å²) in [5.74, 6) is 0.427. The molecule has 2 saturated carbocycles. The molecule has 4 N–H and O–H groups in total. The molecule has 1 spiro atoms. The average Bonchev–Trinajstić information content (AvgIpc) is 3.32. The van der Waals surface area contributed by atoms with Crippen molar-refractivity contribution in [1.29, 1.82) is 0 Å². The van der Waals surface area contributed by atoms with Gasteiger partial charge in [-0.25, -0.2) is 4.98 Å². The second-order valence-corrected chi connectivity index (χ2v) is 14.0. The molecule has 10 heteroatoms. The number of carbonyl (C=O) groups excluding carboxylic acids is 3. The van der Waals surface area contributed by atoms with E-state index in [1.807, 2.05) is 39.0 Å². The van der Waals surface area contributed by atoms with Gasteiger partial charge in [0.05, 0.1) is 22.5 Å². The Hall–Kier alpha value is -4.47. The summed E-state index contributed by atoms with van der Waals surface area (Å²) in [6, 6.07) is 15.2. The number of H-pyrrole nitrogens is 1. The predicted octanol–water partition coefficient (Wildman–Crippen LogP) is 4.59. The SMILES string of the molecule is CCNC(=O)[C@H](NC(=O)C(C)(C)c1ccc2nc([C@@H](NC(=O)c3ccnn3C)[C@@H]3c4ccccc4CC34CC4)[nH]c2c1)C1CCC1. The van der Waals surface area contributed by atoms with E-state index < -0.39 is 11.5 Å². The molecule has 46 heavy (non-hydrogen) atoms. The first-order valence-corrected chi connectivity index (χ1v) is 16.6. The maximum Gasteiger partial charge on any atom is 0.270 e. The molecular formula is C36H43N7O3. The summed E-state index contributed by atoms with van der Waals surface area (Å²) >= 11 is 0. The lowest BCUT2D eigenvalue weighted by molar-refractivity contribution is -0.133. The van der Waals surface area contributed by atoms with Crippen molar-refractivity contribution in [3.05, 3.63) is 82.9 Å². The molecule has 0 radical (unpaired) electrons. The lowest BCUT2D eigenvalue weighted by Crippen LogP contribution is -2.55. The first-order chi connectivity index (χ1) is 22.1. The van der Waals surface area contributed by atoms with Crippen molar-refractivity contribution in [3.8, 4) is 0 Å². The largest absolute Gasteiger partial charge is 0.355 e. The van der Waals surface area contributed by atoms with Crippen LogP contribution in [0.4, 0.5) is 0 Å². The summed E-state index contributed by atoms with van der Waals surface area (Å²) in [6.07, 6.45) is 7.80. The van der Waals surface area contributed by atoms with Crippen LogP contribution in [0.15, 0.2) is 54.7 Å². The monoisotopic (exact) mass is 621 g/mol. The Bertz CT molecular complexity index is 1810. The number of aryl methyl sites for hydroxylation is 1. The molecule has 10 nitrogen and oxygen atoms in total. The molecule has 3 amide bonds. The standard InChI is InChI=1S/C36H43N7O3/c1-5-37-33(45)29(21-10-8-11-21)42-34(46)35(2,3)23-13-14-25-26(19-23)40-31(39-25)30(41-32(44)27-15-18-38-43(27)4)28-24-12-7-6-9-22(24)20-36(28)16-17-36/h6-7,9,12-15,18-19,21,28-30H,5,8,10-11,16-17,20H2,1-4H3,(H,37,45)(H,39,40)(H,41,44)(H,42,46)/t28-,29+,30-/m0/s1. The van der Waals surface area contributed by atoms with Crippen molar-refractivity contribution in [2.24, 2.45) is 18.4 Å². The van der Waals surface area contributed by atoms with E-state index in [9.17, 15) is 14.4 Å². The van der Waals surface area contributed by atoms with Crippen molar-refractivity contribution < 1.29 is 14.4 Å². The normalized spacial score (nSPS) is 19.7. The van der Waals surface area contributed by atoms with E-state index in [1.165, 1.54) is 11.1 Å². The maximum atomic E-state index is 13.7. The van der Waals surface area contributed by atoms with Gasteiger partial charge in [-0.15, -0.1) is 0 Å². The Morgan fingerprint density at radius 2 is 1.87 bits per heavy atom. The van der Waals surface area contributed by atoms with Gasteiger partial charge in [0.1, 0.15) is 17.6 Å². The lowest BCUT2D eigenvalue weighted by atomic mass is 9.78. The van der Waals surface area contributed by atoms with Crippen molar-refractivity contribution in [3.63, 3.8) is 0 Å². The van der Waals surface area contributed by atoms with E-state index in [4.69, 9.17) is 4.98 Å². The number of aromatic amines is 1. The third-order valence-corrected chi connectivity index (χ3v) is 10.8. The number of benzene rings is 2. The first-order valence-electron chi connectivity index (χ1n) is 16.6. The molecule has 3 atom stereocenters. The van der Waals surface area contributed by atoms with Crippen molar-refractivity contribution >= 4 is 28.8 Å². The Labute approximate surface area is 269 Å². The Morgan fingerprint density at radius 3 is 2.54 bits per heavy atom. The number of carbonyl (C=O) groups is 3. The average molecular weight is 622 g/mol. The van der Waals surface area contributed by atoms with Gasteiger partial charge in [-0.2, -0.15) is 5.10 Å². The van der Waals surface area contributed by atoms with E-state index in [0.717, 1.165) is 55.1 Å². The maximum absolute atomic E-state index is 13.7. The smallest absolute Gasteiger partial charge is 0.270 e. The molecule has 2 aromatic carbocycles. The number of amides is 3. The van der Waals surface area contributed by atoms with Gasteiger partial charge in [0, 0.05) is 25.7 Å². The van der Waals surface area contributed by atoms with Crippen molar-refractivity contribution in [1.82, 2.24) is 35.7 Å². The molecular weight excluding hydrogens is 578 g/mol. The fourth-order valence-corrected chi connectivity index (χ4v) is 7.59.